The van der Waals surface area contributed by atoms with Crippen molar-refractivity contribution in [1.29, 1.82) is 0 Å². The van der Waals surface area contributed by atoms with E-state index in [9.17, 15) is 13.6 Å². The predicted octanol–water partition coefficient (Wildman–Crippen LogP) is 2.35. The fourth-order valence-electron chi connectivity index (χ4n) is 2.38. The van der Waals surface area contributed by atoms with E-state index in [0.717, 1.165) is 32.0 Å². The molecule has 3 nitrogen and oxygen atoms in total. The number of ether oxygens (including phenoxy) is 1. The SMILES string of the molecule is COC(=O)C1CCN(Cc2ccc(F)cc2F)CC1. The van der Waals surface area contributed by atoms with E-state index < -0.39 is 11.6 Å². The summed E-state index contributed by atoms with van der Waals surface area (Å²) in [5, 5.41) is 0. The molecule has 0 spiro atoms. The summed E-state index contributed by atoms with van der Waals surface area (Å²) in [5.41, 5.74) is 0.484. The Morgan fingerprint density at radius 1 is 1.37 bits per heavy atom. The number of halogens is 2. The lowest BCUT2D eigenvalue weighted by molar-refractivity contribution is -0.147. The third-order valence-electron chi connectivity index (χ3n) is 3.53. The first kappa shape index (κ1) is 13.9. The van der Waals surface area contributed by atoms with Crippen LogP contribution in [-0.4, -0.2) is 31.1 Å². The summed E-state index contributed by atoms with van der Waals surface area (Å²) in [6, 6.07) is 3.63. The van der Waals surface area contributed by atoms with Crippen LogP contribution >= 0.6 is 0 Å². The Hall–Kier alpha value is -1.49. The van der Waals surface area contributed by atoms with Gasteiger partial charge in [0, 0.05) is 18.2 Å². The molecule has 5 heteroatoms. The van der Waals surface area contributed by atoms with Crippen molar-refractivity contribution in [3.05, 3.63) is 35.4 Å². The topological polar surface area (TPSA) is 29.5 Å². The largest absolute Gasteiger partial charge is 0.469 e. The Morgan fingerprint density at radius 3 is 2.63 bits per heavy atom. The van der Waals surface area contributed by atoms with Gasteiger partial charge in [-0.25, -0.2) is 8.78 Å². The maximum Gasteiger partial charge on any atom is 0.308 e. The summed E-state index contributed by atoms with van der Waals surface area (Å²) in [6.45, 7) is 1.88. The van der Waals surface area contributed by atoms with Crippen molar-refractivity contribution in [3.8, 4) is 0 Å². The fourth-order valence-corrected chi connectivity index (χ4v) is 2.38. The highest BCUT2D eigenvalue weighted by Gasteiger charge is 2.25. The molecule has 0 bridgehead atoms. The first-order valence-electron chi connectivity index (χ1n) is 6.34. The third-order valence-corrected chi connectivity index (χ3v) is 3.53. The van der Waals surface area contributed by atoms with Gasteiger partial charge in [0.05, 0.1) is 13.0 Å². The van der Waals surface area contributed by atoms with E-state index in [1.165, 1.54) is 19.2 Å². The minimum absolute atomic E-state index is 0.0562. The Morgan fingerprint density at radius 2 is 2.05 bits per heavy atom. The zero-order valence-electron chi connectivity index (χ0n) is 10.9. The highest BCUT2D eigenvalue weighted by Crippen LogP contribution is 2.21. The van der Waals surface area contributed by atoms with Gasteiger partial charge in [0.25, 0.3) is 0 Å². The van der Waals surface area contributed by atoms with E-state index in [1.54, 1.807) is 0 Å². The molecule has 1 aromatic carbocycles. The van der Waals surface area contributed by atoms with Gasteiger partial charge in [0.15, 0.2) is 0 Å². The van der Waals surface area contributed by atoms with Gasteiger partial charge in [0.2, 0.25) is 0 Å². The average Bonchev–Trinajstić information content (AvgIpc) is 2.42. The molecule has 0 amide bonds. The predicted molar refractivity (Wildman–Crippen MR) is 66.4 cm³/mol. The van der Waals surface area contributed by atoms with Crippen LogP contribution in [0.1, 0.15) is 18.4 Å². The van der Waals surface area contributed by atoms with E-state index in [1.807, 2.05) is 0 Å². The zero-order valence-corrected chi connectivity index (χ0v) is 10.9. The molecule has 1 heterocycles. The van der Waals surface area contributed by atoms with E-state index in [2.05, 4.69) is 4.90 Å². The second-order valence-corrected chi connectivity index (χ2v) is 4.81. The lowest BCUT2D eigenvalue weighted by atomic mass is 9.96. The van der Waals surface area contributed by atoms with Gasteiger partial charge in [-0.15, -0.1) is 0 Å². The molecular formula is C14H17F2NO2. The van der Waals surface area contributed by atoms with E-state index in [4.69, 9.17) is 4.74 Å². The van der Waals surface area contributed by atoms with Crippen molar-refractivity contribution in [1.82, 2.24) is 4.90 Å². The van der Waals surface area contributed by atoms with Crippen LogP contribution < -0.4 is 0 Å². The number of methoxy groups -OCH3 is 1. The summed E-state index contributed by atoms with van der Waals surface area (Å²) >= 11 is 0. The third kappa shape index (κ3) is 3.50. The first-order chi connectivity index (χ1) is 9.10. The molecule has 2 rings (SSSR count). The standard InChI is InChI=1S/C14H17F2NO2/c1-19-14(18)10-4-6-17(7-5-10)9-11-2-3-12(15)8-13(11)16/h2-3,8,10H,4-7,9H2,1H3. The maximum atomic E-state index is 13.5. The Kier molecular flexibility index (Phi) is 4.47. The summed E-state index contributed by atoms with van der Waals surface area (Å²) in [6.07, 6.45) is 1.44. The summed E-state index contributed by atoms with van der Waals surface area (Å²) in [4.78, 5) is 13.4. The molecule has 0 N–H and O–H groups in total. The number of hydrogen-bond donors (Lipinski definition) is 0. The van der Waals surface area contributed by atoms with Gasteiger partial charge < -0.3 is 4.74 Å². The van der Waals surface area contributed by atoms with E-state index in [0.29, 0.717) is 12.1 Å². The minimum atomic E-state index is -0.564. The van der Waals surface area contributed by atoms with Gasteiger partial charge in [-0.3, -0.25) is 9.69 Å². The van der Waals surface area contributed by atoms with E-state index >= 15 is 0 Å². The molecule has 0 atom stereocenters. The van der Waals surface area contributed by atoms with Crippen LogP contribution in [0, 0.1) is 17.6 Å². The zero-order chi connectivity index (χ0) is 13.8. The molecular weight excluding hydrogens is 252 g/mol. The van der Waals surface area contributed by atoms with Crippen molar-refractivity contribution in [3.63, 3.8) is 0 Å². The maximum absolute atomic E-state index is 13.5. The second-order valence-electron chi connectivity index (χ2n) is 4.81. The molecule has 0 radical (unpaired) electrons. The number of carbonyl (C=O) groups excluding carboxylic acids is 1. The highest BCUT2D eigenvalue weighted by molar-refractivity contribution is 5.72. The lowest BCUT2D eigenvalue weighted by Crippen LogP contribution is -2.36. The van der Waals surface area contributed by atoms with Crippen LogP contribution in [0.5, 0.6) is 0 Å². The smallest absolute Gasteiger partial charge is 0.308 e. The van der Waals surface area contributed by atoms with Crippen molar-refractivity contribution >= 4 is 5.97 Å². The van der Waals surface area contributed by atoms with Gasteiger partial charge in [-0.05, 0) is 32.0 Å². The monoisotopic (exact) mass is 269 g/mol. The molecule has 0 aliphatic carbocycles. The second kappa shape index (κ2) is 6.10. The van der Waals surface area contributed by atoms with Crippen LogP contribution in [0.15, 0.2) is 18.2 Å². The Balaban J connectivity index is 1.90. The molecule has 19 heavy (non-hydrogen) atoms. The molecule has 1 fully saturated rings. The summed E-state index contributed by atoms with van der Waals surface area (Å²) in [5.74, 6) is -1.31. The number of piperidine rings is 1. The van der Waals surface area contributed by atoms with Gasteiger partial charge >= 0.3 is 5.97 Å². The molecule has 1 aliphatic heterocycles. The van der Waals surface area contributed by atoms with Crippen LogP contribution in [-0.2, 0) is 16.1 Å². The summed E-state index contributed by atoms with van der Waals surface area (Å²) in [7, 11) is 1.39. The van der Waals surface area contributed by atoms with Crippen molar-refractivity contribution in [2.45, 2.75) is 19.4 Å². The number of esters is 1. The molecule has 1 aliphatic rings. The first-order valence-corrected chi connectivity index (χ1v) is 6.34. The van der Waals surface area contributed by atoms with Crippen LogP contribution in [0.25, 0.3) is 0 Å². The number of benzene rings is 1. The molecule has 104 valence electrons. The number of likely N-dealkylation sites (tertiary alicyclic amines) is 1. The lowest BCUT2D eigenvalue weighted by Gasteiger charge is -2.30. The van der Waals surface area contributed by atoms with Gasteiger partial charge in [-0.2, -0.15) is 0 Å². The number of rotatable bonds is 3. The Labute approximate surface area is 111 Å². The molecule has 0 saturated carbocycles. The fraction of sp³-hybridized carbons (Fsp3) is 0.500. The number of hydrogen-bond acceptors (Lipinski definition) is 3. The Bertz CT molecular complexity index is 457. The average molecular weight is 269 g/mol. The minimum Gasteiger partial charge on any atom is -0.469 e. The summed E-state index contributed by atoms with van der Waals surface area (Å²) < 4.78 is 31.0. The molecule has 0 aromatic heterocycles. The quantitative estimate of drug-likeness (QED) is 0.789. The molecule has 1 saturated heterocycles. The van der Waals surface area contributed by atoms with E-state index in [-0.39, 0.29) is 11.9 Å². The van der Waals surface area contributed by atoms with Gasteiger partial charge in [-0.1, -0.05) is 6.07 Å². The van der Waals surface area contributed by atoms with Crippen molar-refractivity contribution in [2.24, 2.45) is 5.92 Å². The number of carbonyl (C=O) groups is 1. The molecule has 1 aromatic rings. The normalized spacial score (nSPS) is 17.4. The van der Waals surface area contributed by atoms with Crippen LogP contribution in [0.3, 0.4) is 0 Å². The number of nitrogens with zero attached hydrogens (tertiary/aromatic N) is 1. The van der Waals surface area contributed by atoms with Crippen molar-refractivity contribution < 1.29 is 18.3 Å². The van der Waals surface area contributed by atoms with Crippen LogP contribution in [0.2, 0.25) is 0 Å². The van der Waals surface area contributed by atoms with Gasteiger partial charge in [0.1, 0.15) is 11.6 Å². The highest BCUT2D eigenvalue weighted by atomic mass is 19.1. The van der Waals surface area contributed by atoms with Crippen molar-refractivity contribution in [2.75, 3.05) is 20.2 Å². The van der Waals surface area contributed by atoms with Crippen LogP contribution in [0.4, 0.5) is 8.78 Å². The molecule has 0 unspecified atom stereocenters.